The van der Waals surface area contributed by atoms with E-state index in [1.807, 2.05) is 12.3 Å². The van der Waals surface area contributed by atoms with Gasteiger partial charge in [0.15, 0.2) is 0 Å². The van der Waals surface area contributed by atoms with Crippen LogP contribution in [-0.2, 0) is 5.41 Å². The number of nitrogens with zero attached hydrogens (tertiary/aromatic N) is 3. The predicted octanol–water partition coefficient (Wildman–Crippen LogP) is 7.77. The van der Waals surface area contributed by atoms with Crippen LogP contribution in [-0.4, -0.2) is 23.1 Å². The Kier molecular flexibility index (Phi) is 5.96. The molecule has 4 aromatic rings. The summed E-state index contributed by atoms with van der Waals surface area (Å²) in [6.07, 6.45) is 8.76. The maximum absolute atomic E-state index is 6.10. The van der Waals surface area contributed by atoms with Gasteiger partial charge in [-0.25, -0.2) is 4.98 Å². The molecule has 6 rings (SSSR count). The molecular weight excluding hydrogens is 442 g/mol. The van der Waals surface area contributed by atoms with Crippen molar-refractivity contribution < 1.29 is 4.74 Å². The Bertz CT molecular complexity index is 1330. The Balaban J connectivity index is 1.44. The number of benzene rings is 2. The van der Waals surface area contributed by atoms with Crippen LogP contribution in [0.3, 0.4) is 0 Å². The third-order valence-electron chi connectivity index (χ3n) is 7.63. The second-order valence-electron chi connectivity index (χ2n) is 10.4. The number of fused-ring (bicyclic) bond motifs is 1. The van der Waals surface area contributed by atoms with Crippen molar-refractivity contribution in [3.05, 3.63) is 96.7 Å². The lowest BCUT2D eigenvalue weighted by Gasteiger charge is -2.44. The molecule has 0 bridgehead atoms. The molecular formula is C32H32N3O. The number of aromatic nitrogens is 2. The molecule has 2 aliphatic rings. The summed E-state index contributed by atoms with van der Waals surface area (Å²) < 4.78 is 6.10. The minimum Gasteiger partial charge on any atom is -0.474 e. The molecule has 0 amide bonds. The SMILES string of the molecule is C[C](C)CC1(c2ccc(-c3nc4c(cc3-c3ccccc3)N(c3cccnc3)CCO4)cc2)CCC1. The van der Waals surface area contributed by atoms with Crippen molar-refractivity contribution in [2.24, 2.45) is 0 Å². The van der Waals surface area contributed by atoms with Gasteiger partial charge in [-0.2, -0.15) is 0 Å². The molecule has 1 radical (unpaired) electrons. The first-order valence-corrected chi connectivity index (χ1v) is 12.9. The van der Waals surface area contributed by atoms with Gasteiger partial charge < -0.3 is 9.64 Å². The van der Waals surface area contributed by atoms with Crippen molar-refractivity contribution in [2.75, 3.05) is 18.1 Å². The summed E-state index contributed by atoms with van der Waals surface area (Å²) in [5.74, 6) is 2.19. The molecule has 0 spiro atoms. The Morgan fingerprint density at radius 1 is 0.944 bits per heavy atom. The molecule has 1 fully saturated rings. The third kappa shape index (κ3) is 4.15. The first-order valence-electron chi connectivity index (χ1n) is 12.9. The number of hydrogen-bond donors (Lipinski definition) is 0. The van der Waals surface area contributed by atoms with Crippen LogP contribution < -0.4 is 9.64 Å². The number of pyridine rings is 2. The normalized spacial score (nSPS) is 16.2. The molecule has 0 atom stereocenters. The van der Waals surface area contributed by atoms with Gasteiger partial charge in [0.25, 0.3) is 0 Å². The molecule has 36 heavy (non-hydrogen) atoms. The van der Waals surface area contributed by atoms with Gasteiger partial charge in [-0.3, -0.25) is 4.98 Å². The number of rotatable bonds is 6. The zero-order chi connectivity index (χ0) is 24.5. The van der Waals surface area contributed by atoms with Crippen LogP contribution in [0.25, 0.3) is 22.4 Å². The summed E-state index contributed by atoms with van der Waals surface area (Å²) in [6.45, 7) is 5.87. The zero-order valence-electron chi connectivity index (χ0n) is 21.1. The van der Waals surface area contributed by atoms with E-state index in [0.29, 0.717) is 17.9 Å². The van der Waals surface area contributed by atoms with Crippen LogP contribution in [0.1, 0.15) is 45.1 Å². The second-order valence-corrected chi connectivity index (χ2v) is 10.4. The molecule has 3 heterocycles. The molecule has 1 aliphatic carbocycles. The van der Waals surface area contributed by atoms with E-state index in [1.54, 1.807) is 6.20 Å². The highest BCUT2D eigenvalue weighted by atomic mass is 16.5. The van der Waals surface area contributed by atoms with Crippen molar-refractivity contribution in [1.29, 1.82) is 0 Å². The first kappa shape index (κ1) is 22.8. The summed E-state index contributed by atoms with van der Waals surface area (Å²) in [7, 11) is 0. The Morgan fingerprint density at radius 2 is 1.75 bits per heavy atom. The van der Waals surface area contributed by atoms with Gasteiger partial charge in [-0.05, 0) is 59.9 Å². The minimum absolute atomic E-state index is 0.316. The smallest absolute Gasteiger partial charge is 0.238 e. The van der Waals surface area contributed by atoms with E-state index in [1.165, 1.54) is 37.2 Å². The topological polar surface area (TPSA) is 38.2 Å². The predicted molar refractivity (Wildman–Crippen MR) is 147 cm³/mol. The largest absolute Gasteiger partial charge is 0.474 e. The molecule has 4 nitrogen and oxygen atoms in total. The lowest BCUT2D eigenvalue weighted by Crippen LogP contribution is -2.35. The van der Waals surface area contributed by atoms with E-state index in [-0.39, 0.29) is 0 Å². The fourth-order valence-corrected chi connectivity index (χ4v) is 5.81. The fourth-order valence-electron chi connectivity index (χ4n) is 5.81. The highest BCUT2D eigenvalue weighted by molar-refractivity contribution is 5.86. The molecule has 181 valence electrons. The molecule has 2 aromatic carbocycles. The minimum atomic E-state index is 0.316. The maximum atomic E-state index is 6.10. The van der Waals surface area contributed by atoms with Crippen LogP contribution in [0, 0.1) is 5.92 Å². The van der Waals surface area contributed by atoms with Crippen molar-refractivity contribution in [3.63, 3.8) is 0 Å². The Morgan fingerprint density at radius 3 is 2.42 bits per heavy atom. The van der Waals surface area contributed by atoms with E-state index < -0.39 is 0 Å². The standard InChI is InChI=1S/C32H32N3O/c1-23(2)21-32(15-7-16-32)26-13-11-25(12-14-26)30-28(24-8-4-3-5-9-24)20-29-31(34-30)36-19-18-35(29)27-10-6-17-33-22-27/h3-6,8-14,17,20,22H,7,15-16,18-19,21H2,1-2H3. The van der Waals surface area contributed by atoms with Gasteiger partial charge in [0.1, 0.15) is 12.3 Å². The fraction of sp³-hybridized carbons (Fsp3) is 0.281. The van der Waals surface area contributed by atoms with E-state index in [4.69, 9.17) is 9.72 Å². The average molecular weight is 475 g/mol. The molecule has 1 aliphatic heterocycles. The zero-order valence-corrected chi connectivity index (χ0v) is 21.1. The molecule has 1 saturated carbocycles. The van der Waals surface area contributed by atoms with E-state index in [0.717, 1.165) is 40.3 Å². The third-order valence-corrected chi connectivity index (χ3v) is 7.63. The summed E-state index contributed by atoms with van der Waals surface area (Å²) >= 11 is 0. The molecule has 0 saturated heterocycles. The molecule has 4 heteroatoms. The Hall–Kier alpha value is -3.66. The molecule has 0 N–H and O–H groups in total. The summed E-state index contributed by atoms with van der Waals surface area (Å²) in [4.78, 5) is 11.7. The summed E-state index contributed by atoms with van der Waals surface area (Å²) in [6, 6.07) is 26.0. The number of anilines is 2. The Labute approximate surface area is 214 Å². The van der Waals surface area contributed by atoms with Crippen molar-refractivity contribution >= 4 is 11.4 Å². The van der Waals surface area contributed by atoms with E-state index in [2.05, 4.69) is 90.5 Å². The summed E-state index contributed by atoms with van der Waals surface area (Å²) in [5.41, 5.74) is 8.14. The van der Waals surface area contributed by atoms with Gasteiger partial charge >= 0.3 is 0 Å². The number of hydrogen-bond acceptors (Lipinski definition) is 4. The van der Waals surface area contributed by atoms with Crippen LogP contribution in [0.4, 0.5) is 11.4 Å². The highest BCUT2D eigenvalue weighted by Crippen LogP contribution is 2.49. The summed E-state index contributed by atoms with van der Waals surface area (Å²) in [5, 5.41) is 0. The maximum Gasteiger partial charge on any atom is 0.238 e. The lowest BCUT2D eigenvalue weighted by molar-refractivity contribution is 0.232. The van der Waals surface area contributed by atoms with Crippen molar-refractivity contribution in [1.82, 2.24) is 9.97 Å². The van der Waals surface area contributed by atoms with Crippen LogP contribution in [0.15, 0.2) is 85.2 Å². The lowest BCUT2D eigenvalue weighted by atomic mass is 9.61. The van der Waals surface area contributed by atoms with Crippen LogP contribution in [0.5, 0.6) is 5.88 Å². The van der Waals surface area contributed by atoms with Crippen molar-refractivity contribution in [2.45, 2.75) is 44.9 Å². The van der Waals surface area contributed by atoms with Gasteiger partial charge in [0, 0.05) is 17.3 Å². The molecule has 2 aromatic heterocycles. The second kappa shape index (κ2) is 9.42. The van der Waals surface area contributed by atoms with Gasteiger partial charge in [0.2, 0.25) is 5.88 Å². The van der Waals surface area contributed by atoms with Gasteiger partial charge in [-0.1, -0.05) is 74.9 Å². The quantitative estimate of drug-likeness (QED) is 0.286. The monoisotopic (exact) mass is 474 g/mol. The highest BCUT2D eigenvalue weighted by Gasteiger charge is 2.39. The van der Waals surface area contributed by atoms with Gasteiger partial charge in [0.05, 0.1) is 24.1 Å². The van der Waals surface area contributed by atoms with Crippen LogP contribution in [0.2, 0.25) is 0 Å². The van der Waals surface area contributed by atoms with Crippen LogP contribution >= 0.6 is 0 Å². The molecule has 0 unspecified atom stereocenters. The number of ether oxygens (including phenoxy) is 1. The average Bonchev–Trinajstić information content (AvgIpc) is 2.91. The van der Waals surface area contributed by atoms with Gasteiger partial charge in [-0.15, -0.1) is 0 Å². The van der Waals surface area contributed by atoms with Crippen molar-refractivity contribution in [3.8, 4) is 28.3 Å². The first-order chi connectivity index (χ1) is 17.6. The van der Waals surface area contributed by atoms with E-state index >= 15 is 0 Å². The van der Waals surface area contributed by atoms with E-state index in [9.17, 15) is 0 Å².